The second kappa shape index (κ2) is 8.45. The van der Waals surface area contributed by atoms with E-state index in [1.807, 2.05) is 24.3 Å². The highest BCUT2D eigenvalue weighted by Gasteiger charge is 2.35. The molecule has 1 aliphatic heterocycles. The van der Waals surface area contributed by atoms with Crippen LogP contribution in [0.5, 0.6) is 0 Å². The lowest BCUT2D eigenvalue weighted by Gasteiger charge is -2.30. The van der Waals surface area contributed by atoms with Gasteiger partial charge in [0.1, 0.15) is 5.69 Å². The number of nitrogens with zero attached hydrogens (tertiary/aromatic N) is 2. The number of aromatic nitrogens is 2. The molecule has 1 atom stereocenters. The highest BCUT2D eigenvalue weighted by atomic mass is 32.2. The second-order valence-corrected chi connectivity index (χ2v) is 9.20. The summed E-state index contributed by atoms with van der Waals surface area (Å²) in [6.07, 6.45) is 3.75. The Bertz CT molecular complexity index is 1100. The number of H-pyrrole nitrogens is 1. The van der Waals surface area contributed by atoms with Crippen LogP contribution in [0.3, 0.4) is 0 Å². The molecule has 0 saturated carbocycles. The van der Waals surface area contributed by atoms with E-state index in [0.717, 1.165) is 6.42 Å². The lowest BCUT2D eigenvalue weighted by molar-refractivity contribution is -0.120. The Kier molecular flexibility index (Phi) is 5.74. The van der Waals surface area contributed by atoms with E-state index in [0.29, 0.717) is 36.5 Å². The lowest BCUT2D eigenvalue weighted by Crippen LogP contribution is -2.43. The Balaban J connectivity index is 1.45. The Morgan fingerprint density at radius 3 is 2.73 bits per heavy atom. The molecule has 8 nitrogen and oxygen atoms in total. The van der Waals surface area contributed by atoms with E-state index in [1.54, 1.807) is 18.3 Å². The second-order valence-electron chi connectivity index (χ2n) is 7.33. The molecule has 0 spiro atoms. The van der Waals surface area contributed by atoms with Gasteiger partial charge in [-0.2, -0.15) is 9.40 Å². The third-order valence-corrected chi connectivity index (χ3v) is 7.07. The number of sulfonamides is 1. The van der Waals surface area contributed by atoms with Crippen molar-refractivity contribution in [3.8, 4) is 11.5 Å². The summed E-state index contributed by atoms with van der Waals surface area (Å²) >= 11 is 0. The molecule has 1 saturated heterocycles. The van der Waals surface area contributed by atoms with Gasteiger partial charge in [0, 0.05) is 25.0 Å². The Morgan fingerprint density at radius 2 is 2.03 bits per heavy atom. The van der Waals surface area contributed by atoms with Crippen molar-refractivity contribution in [3.05, 3.63) is 54.2 Å². The maximum atomic E-state index is 13.0. The molecule has 2 N–H and O–H groups in total. The van der Waals surface area contributed by atoms with Crippen molar-refractivity contribution >= 4 is 21.6 Å². The molecule has 158 valence electrons. The average molecular weight is 429 g/mol. The van der Waals surface area contributed by atoms with Crippen LogP contribution in [-0.4, -0.2) is 41.9 Å². The molecule has 3 heterocycles. The number of piperidine rings is 1. The summed E-state index contributed by atoms with van der Waals surface area (Å²) in [5.41, 5.74) is 2.50. The van der Waals surface area contributed by atoms with Gasteiger partial charge in [-0.25, -0.2) is 8.42 Å². The number of carbonyl (C=O) groups is 1. The van der Waals surface area contributed by atoms with Crippen molar-refractivity contribution in [1.29, 1.82) is 0 Å². The lowest BCUT2D eigenvalue weighted by atomic mass is 9.98. The number of anilines is 1. The van der Waals surface area contributed by atoms with Gasteiger partial charge in [-0.05, 0) is 55.2 Å². The number of furan rings is 1. The Morgan fingerprint density at radius 1 is 1.23 bits per heavy atom. The van der Waals surface area contributed by atoms with E-state index < -0.39 is 15.9 Å². The minimum absolute atomic E-state index is 0.126. The number of carbonyl (C=O) groups excluding carboxylic acids is 1. The van der Waals surface area contributed by atoms with Crippen LogP contribution in [0.25, 0.3) is 11.5 Å². The quantitative estimate of drug-likeness (QED) is 0.626. The monoisotopic (exact) mass is 428 g/mol. The van der Waals surface area contributed by atoms with Crippen molar-refractivity contribution in [2.45, 2.75) is 31.3 Å². The number of amides is 1. The molecule has 1 fully saturated rings. The molecule has 0 aliphatic carbocycles. The van der Waals surface area contributed by atoms with Crippen molar-refractivity contribution in [2.75, 3.05) is 18.4 Å². The van der Waals surface area contributed by atoms with Gasteiger partial charge in [-0.3, -0.25) is 9.89 Å². The van der Waals surface area contributed by atoms with Gasteiger partial charge >= 0.3 is 0 Å². The summed E-state index contributed by atoms with van der Waals surface area (Å²) in [6.45, 7) is 2.56. The molecule has 1 aliphatic rings. The molecule has 2 aromatic heterocycles. The predicted molar refractivity (Wildman–Crippen MR) is 112 cm³/mol. The molecule has 4 rings (SSSR count). The van der Waals surface area contributed by atoms with E-state index in [9.17, 15) is 13.2 Å². The fraction of sp³-hybridized carbons (Fsp3) is 0.333. The van der Waals surface area contributed by atoms with Gasteiger partial charge in [-0.15, -0.1) is 0 Å². The molecular formula is C21H24N4O4S. The van der Waals surface area contributed by atoms with E-state index >= 15 is 0 Å². The topological polar surface area (TPSA) is 108 Å². The molecule has 0 radical (unpaired) electrons. The molecule has 1 unspecified atom stereocenters. The fourth-order valence-corrected chi connectivity index (χ4v) is 5.00. The van der Waals surface area contributed by atoms with Gasteiger partial charge in [-0.1, -0.05) is 19.1 Å². The van der Waals surface area contributed by atoms with Gasteiger partial charge < -0.3 is 9.73 Å². The van der Waals surface area contributed by atoms with Gasteiger partial charge in [0.05, 0.1) is 5.92 Å². The normalized spacial score (nSPS) is 17.7. The Hall–Kier alpha value is -2.91. The molecule has 3 aromatic rings. The zero-order valence-corrected chi connectivity index (χ0v) is 17.5. The van der Waals surface area contributed by atoms with Crippen LogP contribution in [-0.2, 0) is 21.2 Å². The molecular weight excluding hydrogens is 404 g/mol. The van der Waals surface area contributed by atoms with Crippen LogP contribution in [0.15, 0.2) is 58.2 Å². The standard InChI is InChI=1S/C21H24N4O4S/c1-2-15-5-7-17(8-6-15)23-21(26)16-4-3-13-25(14-16)30(27,28)20-10-9-19(29-20)18-11-12-22-24-18/h5-12,16H,2-4,13-14H2,1H3,(H,22,24)(H,23,26). The first-order valence-electron chi connectivity index (χ1n) is 9.97. The maximum Gasteiger partial charge on any atom is 0.276 e. The summed E-state index contributed by atoms with van der Waals surface area (Å²) in [7, 11) is -3.83. The number of hydrogen-bond acceptors (Lipinski definition) is 5. The molecule has 30 heavy (non-hydrogen) atoms. The van der Waals surface area contributed by atoms with Crippen LogP contribution < -0.4 is 5.32 Å². The van der Waals surface area contributed by atoms with Gasteiger partial charge in [0.15, 0.2) is 5.76 Å². The van der Waals surface area contributed by atoms with Crippen LogP contribution in [0, 0.1) is 5.92 Å². The van der Waals surface area contributed by atoms with Gasteiger partial charge in [0.25, 0.3) is 10.0 Å². The number of rotatable bonds is 6. The number of aryl methyl sites for hydroxylation is 1. The van der Waals surface area contributed by atoms with Crippen molar-refractivity contribution < 1.29 is 17.6 Å². The third kappa shape index (κ3) is 4.17. The SMILES string of the molecule is CCc1ccc(NC(=O)C2CCCN(S(=O)(=O)c3ccc(-c4ccn[nH]4)o3)C2)cc1. The summed E-state index contributed by atoms with van der Waals surface area (Å²) in [6, 6.07) is 12.4. The zero-order valence-electron chi connectivity index (χ0n) is 16.7. The summed E-state index contributed by atoms with van der Waals surface area (Å²) in [5, 5.41) is 9.36. The van der Waals surface area contributed by atoms with Crippen LogP contribution in [0.4, 0.5) is 5.69 Å². The number of nitrogens with one attached hydrogen (secondary N) is 2. The number of benzene rings is 1. The van der Waals surface area contributed by atoms with E-state index in [-0.39, 0.29) is 17.5 Å². The summed E-state index contributed by atoms with van der Waals surface area (Å²) < 4.78 is 33.0. The smallest absolute Gasteiger partial charge is 0.276 e. The highest BCUT2D eigenvalue weighted by molar-refractivity contribution is 7.89. The van der Waals surface area contributed by atoms with Gasteiger partial charge in [0.2, 0.25) is 11.0 Å². The van der Waals surface area contributed by atoms with Crippen LogP contribution >= 0.6 is 0 Å². The van der Waals surface area contributed by atoms with Crippen LogP contribution in [0.2, 0.25) is 0 Å². The molecule has 1 amide bonds. The number of hydrogen-bond donors (Lipinski definition) is 2. The summed E-state index contributed by atoms with van der Waals surface area (Å²) in [5.74, 6) is -0.189. The van der Waals surface area contributed by atoms with Crippen molar-refractivity contribution in [2.24, 2.45) is 5.92 Å². The molecule has 1 aromatic carbocycles. The van der Waals surface area contributed by atoms with Crippen LogP contribution in [0.1, 0.15) is 25.3 Å². The van der Waals surface area contributed by atoms with E-state index in [2.05, 4.69) is 22.4 Å². The van der Waals surface area contributed by atoms with E-state index in [1.165, 1.54) is 15.9 Å². The Labute approximate surface area is 175 Å². The van der Waals surface area contributed by atoms with Crippen molar-refractivity contribution in [1.82, 2.24) is 14.5 Å². The predicted octanol–water partition coefficient (Wildman–Crippen LogP) is 3.27. The summed E-state index contributed by atoms with van der Waals surface area (Å²) in [4.78, 5) is 12.7. The first kappa shape index (κ1) is 20.4. The maximum absolute atomic E-state index is 13.0. The number of aromatic amines is 1. The zero-order chi connectivity index (χ0) is 21.1. The van der Waals surface area contributed by atoms with Crippen molar-refractivity contribution in [3.63, 3.8) is 0 Å². The average Bonchev–Trinajstić information content (AvgIpc) is 3.46. The highest BCUT2D eigenvalue weighted by Crippen LogP contribution is 2.28. The minimum Gasteiger partial charge on any atom is -0.442 e. The molecule has 0 bridgehead atoms. The van der Waals surface area contributed by atoms with E-state index in [4.69, 9.17) is 4.42 Å². The largest absolute Gasteiger partial charge is 0.442 e. The third-order valence-electron chi connectivity index (χ3n) is 5.33. The minimum atomic E-state index is -3.83. The molecule has 9 heteroatoms. The first-order chi connectivity index (χ1) is 14.5. The first-order valence-corrected chi connectivity index (χ1v) is 11.4. The fourth-order valence-electron chi connectivity index (χ4n) is 3.57.